The minimum atomic E-state index is -0.531. The number of benzene rings is 1. The largest absolute Gasteiger partial charge is 0.507 e. The summed E-state index contributed by atoms with van der Waals surface area (Å²) in [4.78, 5) is 24.0. The Hall–Kier alpha value is -2.56. The molecule has 1 aliphatic carbocycles. The van der Waals surface area contributed by atoms with Crippen LogP contribution in [-0.4, -0.2) is 21.8 Å². The summed E-state index contributed by atoms with van der Waals surface area (Å²) in [7, 11) is 0. The summed E-state index contributed by atoms with van der Waals surface area (Å²) >= 11 is 0. The van der Waals surface area contributed by atoms with E-state index in [0.717, 1.165) is 12.5 Å². The lowest BCUT2D eigenvalue weighted by atomic mass is 9.85. The summed E-state index contributed by atoms with van der Waals surface area (Å²) in [5.74, 6) is -1.72. The summed E-state index contributed by atoms with van der Waals surface area (Å²) in [5.41, 5.74) is -0.153. The molecule has 5 heteroatoms. The van der Waals surface area contributed by atoms with Gasteiger partial charge in [-0.2, -0.15) is 0 Å². The Kier molecular flexibility index (Phi) is 1.69. The second-order valence-electron chi connectivity index (χ2n) is 3.71. The van der Waals surface area contributed by atoms with Gasteiger partial charge in [0.2, 0.25) is 11.6 Å². The molecule has 0 unspecified atom stereocenters. The van der Waals surface area contributed by atoms with Crippen molar-refractivity contribution in [2.45, 2.75) is 0 Å². The van der Waals surface area contributed by atoms with Crippen molar-refractivity contribution in [3.05, 3.63) is 46.9 Å². The van der Waals surface area contributed by atoms with Crippen LogP contribution in [0.2, 0.25) is 0 Å². The molecule has 84 valence electrons. The number of rotatable bonds is 0. The molecule has 0 fully saturated rings. The van der Waals surface area contributed by atoms with E-state index in [-0.39, 0.29) is 33.8 Å². The number of hydrogen-bond donors (Lipinski definition) is 2. The lowest BCUT2D eigenvalue weighted by Crippen LogP contribution is -2.19. The molecule has 0 saturated heterocycles. The Bertz CT molecular complexity index is 610. The van der Waals surface area contributed by atoms with Gasteiger partial charge in [-0.3, -0.25) is 9.59 Å². The van der Waals surface area contributed by atoms with Crippen LogP contribution in [0.5, 0.6) is 11.5 Å². The number of hydrogen-bond acceptors (Lipinski definition) is 5. The molecule has 1 heterocycles. The first-order valence-electron chi connectivity index (χ1n) is 4.81. The second kappa shape index (κ2) is 2.98. The fourth-order valence-electron chi connectivity index (χ4n) is 1.96. The van der Waals surface area contributed by atoms with Gasteiger partial charge < -0.3 is 14.6 Å². The minimum Gasteiger partial charge on any atom is -0.507 e. The van der Waals surface area contributed by atoms with Crippen molar-refractivity contribution in [1.29, 1.82) is 0 Å². The van der Waals surface area contributed by atoms with Crippen molar-refractivity contribution in [1.82, 2.24) is 0 Å². The zero-order valence-electron chi connectivity index (χ0n) is 8.43. The predicted octanol–water partition coefficient (Wildman–Crippen LogP) is 1.47. The molecule has 1 aromatic carbocycles. The third-order valence-electron chi connectivity index (χ3n) is 2.77. The van der Waals surface area contributed by atoms with Gasteiger partial charge in [-0.05, 0) is 12.1 Å². The highest BCUT2D eigenvalue weighted by molar-refractivity contribution is 6.30. The van der Waals surface area contributed by atoms with E-state index in [9.17, 15) is 19.8 Å². The number of phenolic OH excluding ortho intramolecular Hbond substituents is 2. The molecular formula is C12H6O5. The summed E-state index contributed by atoms with van der Waals surface area (Å²) < 4.78 is 4.81. The number of ketones is 2. The van der Waals surface area contributed by atoms with E-state index in [4.69, 9.17) is 4.42 Å². The third-order valence-corrected chi connectivity index (χ3v) is 2.77. The number of fused-ring (bicyclic) bond motifs is 2. The Morgan fingerprint density at radius 2 is 1.24 bits per heavy atom. The van der Waals surface area contributed by atoms with Crippen LogP contribution in [0.25, 0.3) is 0 Å². The van der Waals surface area contributed by atoms with E-state index in [0.29, 0.717) is 0 Å². The van der Waals surface area contributed by atoms with Gasteiger partial charge in [-0.15, -0.1) is 0 Å². The first-order valence-corrected chi connectivity index (χ1v) is 4.81. The number of furan rings is 1. The molecular weight excluding hydrogens is 224 g/mol. The molecule has 0 atom stereocenters. The molecule has 0 bridgehead atoms. The van der Waals surface area contributed by atoms with Crippen LogP contribution in [-0.2, 0) is 0 Å². The van der Waals surface area contributed by atoms with E-state index < -0.39 is 11.6 Å². The highest BCUT2D eigenvalue weighted by atomic mass is 16.3. The van der Waals surface area contributed by atoms with Crippen molar-refractivity contribution in [2.24, 2.45) is 0 Å². The molecule has 17 heavy (non-hydrogen) atoms. The maximum Gasteiger partial charge on any atom is 0.201 e. The van der Waals surface area contributed by atoms with Crippen LogP contribution < -0.4 is 0 Å². The van der Waals surface area contributed by atoms with Gasteiger partial charge in [0.05, 0.1) is 22.3 Å². The number of carbonyl (C=O) groups excluding carboxylic acids is 2. The van der Waals surface area contributed by atoms with Crippen LogP contribution in [0.4, 0.5) is 0 Å². The highest BCUT2D eigenvalue weighted by Crippen LogP contribution is 2.37. The third kappa shape index (κ3) is 1.08. The van der Waals surface area contributed by atoms with Crippen molar-refractivity contribution in [2.75, 3.05) is 0 Å². The van der Waals surface area contributed by atoms with Crippen LogP contribution in [0.1, 0.15) is 31.8 Å². The molecule has 0 amide bonds. The van der Waals surface area contributed by atoms with Gasteiger partial charge in [0.1, 0.15) is 24.0 Å². The second-order valence-corrected chi connectivity index (χ2v) is 3.71. The quantitative estimate of drug-likeness (QED) is 0.571. The summed E-state index contributed by atoms with van der Waals surface area (Å²) in [6.07, 6.45) is 2.31. The maximum atomic E-state index is 12.0. The topological polar surface area (TPSA) is 87.7 Å². The molecule has 3 rings (SSSR count). The van der Waals surface area contributed by atoms with Gasteiger partial charge >= 0.3 is 0 Å². The van der Waals surface area contributed by atoms with E-state index in [1.54, 1.807) is 0 Å². The number of aromatic hydroxyl groups is 2. The fourth-order valence-corrected chi connectivity index (χ4v) is 1.96. The zero-order chi connectivity index (χ0) is 12.2. The van der Waals surface area contributed by atoms with Crippen LogP contribution >= 0.6 is 0 Å². The molecule has 1 aliphatic rings. The fraction of sp³-hybridized carbons (Fsp3) is 0. The van der Waals surface area contributed by atoms with Crippen molar-refractivity contribution in [3.63, 3.8) is 0 Å². The number of carbonyl (C=O) groups is 2. The normalized spacial score (nSPS) is 13.4. The Balaban J connectivity index is 2.42. The average Bonchev–Trinajstić information content (AvgIpc) is 2.78. The Morgan fingerprint density at radius 3 is 1.65 bits per heavy atom. The molecule has 0 radical (unpaired) electrons. The summed E-state index contributed by atoms with van der Waals surface area (Å²) in [6, 6.07) is 2.34. The predicted molar refractivity (Wildman–Crippen MR) is 55.3 cm³/mol. The van der Waals surface area contributed by atoms with Crippen molar-refractivity contribution >= 4 is 11.6 Å². The van der Waals surface area contributed by atoms with Gasteiger partial charge in [0.25, 0.3) is 0 Å². The van der Waals surface area contributed by atoms with E-state index >= 15 is 0 Å². The Morgan fingerprint density at radius 1 is 0.824 bits per heavy atom. The smallest absolute Gasteiger partial charge is 0.201 e. The summed E-state index contributed by atoms with van der Waals surface area (Å²) in [6.45, 7) is 0. The SMILES string of the molecule is O=C1c2cocc2C(=O)c2c(O)ccc(O)c21. The molecule has 0 spiro atoms. The van der Waals surface area contributed by atoms with Gasteiger partial charge in [-0.25, -0.2) is 0 Å². The number of phenols is 2. The van der Waals surface area contributed by atoms with Crippen LogP contribution in [0, 0.1) is 0 Å². The van der Waals surface area contributed by atoms with Crippen molar-refractivity contribution in [3.8, 4) is 11.5 Å². The van der Waals surface area contributed by atoms with E-state index in [1.807, 2.05) is 0 Å². The molecule has 5 nitrogen and oxygen atoms in total. The highest BCUT2D eigenvalue weighted by Gasteiger charge is 2.35. The van der Waals surface area contributed by atoms with Gasteiger partial charge in [0, 0.05) is 0 Å². The first-order chi connectivity index (χ1) is 8.11. The standard InChI is InChI=1S/C12H6O5/c13-7-1-2-8(14)10-9(7)11(15)5-3-17-4-6(5)12(10)16/h1-4,13-14H. The molecule has 0 saturated carbocycles. The average molecular weight is 230 g/mol. The molecule has 2 N–H and O–H groups in total. The lowest BCUT2D eigenvalue weighted by molar-refractivity contribution is 0.0975. The van der Waals surface area contributed by atoms with Gasteiger partial charge in [-0.1, -0.05) is 0 Å². The maximum absolute atomic E-state index is 12.0. The van der Waals surface area contributed by atoms with E-state index in [1.165, 1.54) is 12.1 Å². The van der Waals surface area contributed by atoms with Gasteiger partial charge in [0.15, 0.2) is 0 Å². The molecule has 2 aromatic rings. The summed E-state index contributed by atoms with van der Waals surface area (Å²) in [5, 5.41) is 19.2. The van der Waals surface area contributed by atoms with Crippen molar-refractivity contribution < 1.29 is 24.2 Å². The molecule has 1 aromatic heterocycles. The first kappa shape index (κ1) is 9.65. The lowest BCUT2D eigenvalue weighted by Gasteiger charge is -2.15. The molecule has 0 aliphatic heterocycles. The monoisotopic (exact) mass is 230 g/mol. The van der Waals surface area contributed by atoms with Crippen LogP contribution in [0.15, 0.2) is 29.1 Å². The van der Waals surface area contributed by atoms with Crippen LogP contribution in [0.3, 0.4) is 0 Å². The van der Waals surface area contributed by atoms with E-state index in [2.05, 4.69) is 0 Å². The Labute approximate surface area is 94.9 Å². The minimum absolute atomic E-state index is 0.100. The zero-order valence-corrected chi connectivity index (χ0v) is 8.43.